The first-order chi connectivity index (χ1) is 18.6. The minimum Gasteiger partial charge on any atom is -0.497 e. The summed E-state index contributed by atoms with van der Waals surface area (Å²) in [5.74, 6) is 2.51. The topological polar surface area (TPSA) is 85.9 Å². The number of hydrogen-bond acceptors (Lipinski definition) is 6. The van der Waals surface area contributed by atoms with Crippen LogP contribution in [0.3, 0.4) is 0 Å². The highest BCUT2D eigenvalue weighted by atomic mass is 16.6. The summed E-state index contributed by atoms with van der Waals surface area (Å²) in [7, 11) is 1.61. The normalized spacial score (nSPS) is 16.0. The fraction of sp³-hybridized carbons (Fsp3) is 0.548. The van der Waals surface area contributed by atoms with Gasteiger partial charge >= 0.3 is 0 Å². The van der Waals surface area contributed by atoms with E-state index in [9.17, 15) is 9.59 Å². The number of methoxy groups -OCH3 is 1. The standard InChI is InChI=1S/C31H42N2O5/c1-36-27-15-13-24(14-16-27)28(34)10-6-3-7-11-31(35)33-26(22-32-25-8-4-2-5-9-25)20-23-12-17-29-30(21-23)38-19-18-37-29/h12-17,21,25-26,32H,2-11,18-20,22H2,1H3,(H,33,35)/t26-/m0/s1. The van der Waals surface area contributed by atoms with E-state index in [2.05, 4.69) is 16.7 Å². The second-order valence-electron chi connectivity index (χ2n) is 10.4. The zero-order valence-electron chi connectivity index (χ0n) is 22.6. The summed E-state index contributed by atoms with van der Waals surface area (Å²) < 4.78 is 16.6. The highest BCUT2D eigenvalue weighted by molar-refractivity contribution is 5.96. The van der Waals surface area contributed by atoms with Gasteiger partial charge in [-0.3, -0.25) is 9.59 Å². The van der Waals surface area contributed by atoms with Gasteiger partial charge in [-0.15, -0.1) is 0 Å². The lowest BCUT2D eigenvalue weighted by atomic mass is 9.95. The fourth-order valence-electron chi connectivity index (χ4n) is 5.26. The second kappa shape index (κ2) is 14.8. The van der Waals surface area contributed by atoms with E-state index >= 15 is 0 Å². The Morgan fingerprint density at radius 3 is 2.42 bits per heavy atom. The Kier molecular flexibility index (Phi) is 10.9. The minimum atomic E-state index is 0.00337. The number of hydrogen-bond donors (Lipinski definition) is 2. The monoisotopic (exact) mass is 522 g/mol. The summed E-state index contributed by atoms with van der Waals surface area (Å²) in [6.07, 6.45) is 10.4. The van der Waals surface area contributed by atoms with E-state index in [4.69, 9.17) is 14.2 Å². The van der Waals surface area contributed by atoms with Gasteiger partial charge < -0.3 is 24.8 Å². The van der Waals surface area contributed by atoms with Crippen molar-refractivity contribution in [3.8, 4) is 17.2 Å². The average Bonchev–Trinajstić information content (AvgIpc) is 2.96. The molecule has 0 radical (unpaired) electrons. The first-order valence-corrected chi connectivity index (χ1v) is 14.2. The molecule has 0 bridgehead atoms. The Morgan fingerprint density at radius 1 is 0.921 bits per heavy atom. The molecular weight excluding hydrogens is 480 g/mol. The van der Waals surface area contributed by atoms with E-state index in [1.165, 1.54) is 32.1 Å². The molecule has 2 aliphatic rings. The van der Waals surface area contributed by atoms with Crippen molar-refractivity contribution in [2.75, 3.05) is 26.9 Å². The molecule has 7 nitrogen and oxygen atoms in total. The van der Waals surface area contributed by atoms with Gasteiger partial charge in [-0.2, -0.15) is 0 Å². The van der Waals surface area contributed by atoms with Gasteiger partial charge in [-0.1, -0.05) is 31.7 Å². The molecule has 38 heavy (non-hydrogen) atoms. The molecule has 1 heterocycles. The molecule has 1 fully saturated rings. The van der Waals surface area contributed by atoms with Gasteiger partial charge in [0.2, 0.25) is 5.91 Å². The quantitative estimate of drug-likeness (QED) is 0.260. The van der Waals surface area contributed by atoms with Crippen LogP contribution in [-0.4, -0.2) is 50.6 Å². The summed E-state index contributed by atoms with van der Waals surface area (Å²) in [6, 6.07) is 13.8. The molecule has 206 valence electrons. The van der Waals surface area contributed by atoms with Crippen LogP contribution in [0, 0.1) is 0 Å². The number of unbranched alkanes of at least 4 members (excludes halogenated alkanes) is 2. The number of rotatable bonds is 14. The van der Waals surface area contributed by atoms with Crippen LogP contribution in [0.4, 0.5) is 0 Å². The summed E-state index contributed by atoms with van der Waals surface area (Å²) >= 11 is 0. The molecule has 1 amide bonds. The van der Waals surface area contributed by atoms with Crippen molar-refractivity contribution in [1.29, 1.82) is 0 Å². The number of carbonyl (C=O) groups excluding carboxylic acids is 2. The number of Topliss-reactive ketones (excluding diaryl/α,β-unsaturated/α-hetero) is 1. The molecule has 1 aliphatic carbocycles. The van der Waals surface area contributed by atoms with Crippen molar-refractivity contribution in [3.05, 3.63) is 53.6 Å². The van der Waals surface area contributed by atoms with Crippen molar-refractivity contribution in [1.82, 2.24) is 10.6 Å². The zero-order chi connectivity index (χ0) is 26.6. The Labute approximate surface area is 226 Å². The smallest absolute Gasteiger partial charge is 0.220 e. The second-order valence-corrected chi connectivity index (χ2v) is 10.4. The number of amides is 1. The molecule has 1 atom stereocenters. The number of benzene rings is 2. The fourth-order valence-corrected chi connectivity index (χ4v) is 5.26. The average molecular weight is 523 g/mol. The number of fused-ring (bicyclic) bond motifs is 1. The summed E-state index contributed by atoms with van der Waals surface area (Å²) in [5, 5.41) is 6.97. The number of carbonyl (C=O) groups is 2. The lowest BCUT2D eigenvalue weighted by molar-refractivity contribution is -0.121. The minimum absolute atomic E-state index is 0.00337. The summed E-state index contributed by atoms with van der Waals surface area (Å²) in [4.78, 5) is 25.3. The maximum absolute atomic E-state index is 12.8. The Bertz CT molecular complexity index is 1030. The molecule has 2 aromatic carbocycles. The SMILES string of the molecule is COc1ccc(C(=O)CCCCCC(=O)N[C@H](CNC2CCCCC2)Cc2ccc3c(c2)OCCO3)cc1. The maximum atomic E-state index is 12.8. The van der Waals surface area contributed by atoms with Crippen molar-refractivity contribution >= 4 is 11.7 Å². The van der Waals surface area contributed by atoms with Gasteiger partial charge in [0.25, 0.3) is 0 Å². The molecule has 1 aliphatic heterocycles. The molecule has 2 N–H and O–H groups in total. The molecule has 0 aromatic heterocycles. The van der Waals surface area contributed by atoms with Crippen LogP contribution in [-0.2, 0) is 11.2 Å². The van der Waals surface area contributed by atoms with Crippen LogP contribution < -0.4 is 24.8 Å². The Balaban J connectivity index is 1.22. The van der Waals surface area contributed by atoms with Crippen LogP contribution in [0.1, 0.15) is 80.1 Å². The third-order valence-corrected chi connectivity index (χ3v) is 7.43. The van der Waals surface area contributed by atoms with E-state index in [-0.39, 0.29) is 17.7 Å². The van der Waals surface area contributed by atoms with Gasteiger partial charge in [-0.05, 0) is 74.1 Å². The molecule has 1 saturated carbocycles. The van der Waals surface area contributed by atoms with Gasteiger partial charge in [-0.25, -0.2) is 0 Å². The largest absolute Gasteiger partial charge is 0.497 e. The van der Waals surface area contributed by atoms with Crippen LogP contribution in [0.2, 0.25) is 0 Å². The van der Waals surface area contributed by atoms with Crippen LogP contribution >= 0.6 is 0 Å². The third kappa shape index (κ3) is 8.76. The lowest BCUT2D eigenvalue weighted by Crippen LogP contribution is -2.46. The number of ether oxygens (including phenoxy) is 3. The lowest BCUT2D eigenvalue weighted by Gasteiger charge is -2.27. The van der Waals surface area contributed by atoms with Crippen LogP contribution in [0.15, 0.2) is 42.5 Å². The molecule has 7 heteroatoms. The van der Waals surface area contributed by atoms with Crippen molar-refractivity contribution in [2.24, 2.45) is 0 Å². The molecule has 4 rings (SSSR count). The highest BCUT2D eigenvalue weighted by Gasteiger charge is 2.19. The highest BCUT2D eigenvalue weighted by Crippen LogP contribution is 2.31. The van der Waals surface area contributed by atoms with Gasteiger partial charge in [0.1, 0.15) is 19.0 Å². The number of ketones is 1. The summed E-state index contributed by atoms with van der Waals surface area (Å²) in [5.41, 5.74) is 1.83. The number of nitrogens with one attached hydrogen (secondary N) is 2. The molecule has 0 spiro atoms. The van der Waals surface area contributed by atoms with Gasteiger partial charge in [0.05, 0.1) is 7.11 Å². The van der Waals surface area contributed by atoms with Crippen molar-refractivity contribution < 1.29 is 23.8 Å². The van der Waals surface area contributed by atoms with Crippen LogP contribution in [0.5, 0.6) is 17.2 Å². The Morgan fingerprint density at radius 2 is 1.66 bits per heavy atom. The van der Waals surface area contributed by atoms with E-state index in [1.54, 1.807) is 19.2 Å². The third-order valence-electron chi connectivity index (χ3n) is 7.43. The van der Waals surface area contributed by atoms with E-state index < -0.39 is 0 Å². The Hall–Kier alpha value is -3.06. The maximum Gasteiger partial charge on any atom is 0.220 e. The van der Waals surface area contributed by atoms with E-state index in [1.807, 2.05) is 24.3 Å². The summed E-state index contributed by atoms with van der Waals surface area (Å²) in [6.45, 7) is 1.89. The zero-order valence-corrected chi connectivity index (χ0v) is 22.6. The van der Waals surface area contributed by atoms with Crippen molar-refractivity contribution in [3.63, 3.8) is 0 Å². The predicted molar refractivity (Wildman–Crippen MR) is 148 cm³/mol. The van der Waals surface area contributed by atoms with E-state index in [0.29, 0.717) is 37.7 Å². The molecular formula is C31H42N2O5. The molecule has 0 unspecified atom stereocenters. The van der Waals surface area contributed by atoms with Gasteiger partial charge in [0.15, 0.2) is 17.3 Å². The molecule has 2 aromatic rings. The van der Waals surface area contributed by atoms with Gasteiger partial charge in [0, 0.05) is 37.0 Å². The molecule has 0 saturated heterocycles. The van der Waals surface area contributed by atoms with Crippen LogP contribution in [0.25, 0.3) is 0 Å². The first kappa shape index (κ1) is 28.0. The van der Waals surface area contributed by atoms with E-state index in [0.717, 1.165) is 55.0 Å². The first-order valence-electron chi connectivity index (χ1n) is 14.2. The predicted octanol–water partition coefficient (Wildman–Crippen LogP) is 5.25. The van der Waals surface area contributed by atoms with Crippen molar-refractivity contribution in [2.45, 2.75) is 82.7 Å².